The normalized spacial score (nSPS) is 20.8. The Hall–Kier alpha value is -4.97. The third kappa shape index (κ3) is 6.70. The Balaban J connectivity index is 0.00000197. The van der Waals surface area contributed by atoms with E-state index in [2.05, 4.69) is 50.5 Å². The number of rotatable bonds is 7. The Morgan fingerprint density at radius 3 is 2.71 bits per heavy atom. The molecule has 3 aromatic rings. The van der Waals surface area contributed by atoms with Crippen molar-refractivity contribution >= 4 is 17.3 Å². The highest BCUT2D eigenvalue weighted by Crippen LogP contribution is 2.32. The van der Waals surface area contributed by atoms with Crippen molar-refractivity contribution < 1.29 is 19.0 Å². The highest BCUT2D eigenvalue weighted by Gasteiger charge is 2.37. The molecule has 1 aromatic heterocycles. The molecular weight excluding hydrogens is 611 g/mol. The van der Waals surface area contributed by atoms with Crippen LogP contribution in [0.2, 0.25) is 0 Å². The summed E-state index contributed by atoms with van der Waals surface area (Å²) in [6.07, 6.45) is 4.17. The van der Waals surface area contributed by atoms with E-state index in [4.69, 9.17) is 21.2 Å². The van der Waals surface area contributed by atoms with Crippen LogP contribution in [0.25, 0.3) is 5.70 Å². The minimum Gasteiger partial charge on any atom is -0.504 e. The van der Waals surface area contributed by atoms with Crippen molar-refractivity contribution in [2.75, 3.05) is 44.2 Å². The number of nitrogens with one attached hydrogen (secondary N) is 2. The van der Waals surface area contributed by atoms with Gasteiger partial charge in [-0.15, -0.1) is 0 Å². The number of aryl methyl sites for hydroxylation is 1. The van der Waals surface area contributed by atoms with E-state index in [0.717, 1.165) is 73.0 Å². The van der Waals surface area contributed by atoms with Crippen molar-refractivity contribution in [2.24, 2.45) is 11.5 Å². The lowest BCUT2D eigenvalue weighted by Crippen LogP contribution is -2.46. The first-order chi connectivity index (χ1) is 23.2. The monoisotopic (exact) mass is 656 g/mol. The molecule has 12 heteroatoms. The quantitative estimate of drug-likeness (QED) is 0.257. The fourth-order valence-electron chi connectivity index (χ4n) is 6.83. The number of piperazine rings is 1. The molecule has 2 atom stereocenters. The minimum atomic E-state index is -0.731. The molecule has 2 unspecified atom stereocenters. The number of fused-ring (bicyclic) bond motifs is 2. The molecule has 7 rings (SSSR count). The molecule has 5 heterocycles. The van der Waals surface area contributed by atoms with Crippen molar-refractivity contribution in [2.45, 2.75) is 52.4 Å². The highest BCUT2D eigenvalue weighted by atomic mass is 19.1. The number of anilines is 1. The summed E-state index contributed by atoms with van der Waals surface area (Å²) >= 11 is 0. The Morgan fingerprint density at radius 2 is 1.94 bits per heavy atom. The highest BCUT2D eigenvalue weighted by molar-refractivity contribution is 5.99. The van der Waals surface area contributed by atoms with Gasteiger partial charge in [0.25, 0.3) is 5.91 Å². The number of ether oxygens (including phenoxy) is 1. The molecule has 11 nitrogen and oxygen atoms in total. The average molecular weight is 657 g/mol. The molecule has 254 valence electrons. The minimum absolute atomic E-state index is 0.0124. The van der Waals surface area contributed by atoms with Gasteiger partial charge in [-0.1, -0.05) is 26.0 Å². The Bertz CT molecular complexity index is 1740. The summed E-state index contributed by atoms with van der Waals surface area (Å²) in [5, 5.41) is 16.3. The molecule has 1 amide bonds. The molecule has 0 aliphatic carbocycles. The van der Waals surface area contributed by atoms with Crippen LogP contribution < -0.4 is 31.7 Å². The molecule has 4 aliphatic heterocycles. The second kappa shape index (κ2) is 14.0. The van der Waals surface area contributed by atoms with Crippen LogP contribution in [0.5, 0.6) is 11.5 Å². The first kappa shape index (κ1) is 33.0. The van der Waals surface area contributed by atoms with Crippen LogP contribution in [0.1, 0.15) is 53.0 Å². The average Bonchev–Trinajstić information content (AvgIpc) is 3.68. The summed E-state index contributed by atoms with van der Waals surface area (Å²) in [5.74, 6) is -0.0106. The van der Waals surface area contributed by atoms with Crippen LogP contribution in [0.15, 0.2) is 66.3 Å². The predicted molar refractivity (Wildman–Crippen MR) is 184 cm³/mol. The number of benzene rings is 2. The SMILES string of the molecule is CC.Cc1cc(OC2CC3CNC(N)=C(/C=C(\N)c4cccc(F)c4O)N3C2)cnc1CN1CCN(c2ccc3c(c2)C(=O)NC3)CC1. The number of aromatic nitrogens is 1. The van der Waals surface area contributed by atoms with E-state index in [1.807, 2.05) is 19.9 Å². The third-order valence-corrected chi connectivity index (χ3v) is 9.43. The van der Waals surface area contributed by atoms with E-state index in [1.54, 1.807) is 18.3 Å². The van der Waals surface area contributed by atoms with Crippen molar-refractivity contribution in [1.29, 1.82) is 0 Å². The number of aromatic hydroxyl groups is 1. The molecule has 2 fully saturated rings. The number of nitrogens with two attached hydrogens (primary N) is 2. The summed E-state index contributed by atoms with van der Waals surface area (Å²) in [4.78, 5) is 23.8. The van der Waals surface area contributed by atoms with E-state index in [-0.39, 0.29) is 29.3 Å². The van der Waals surface area contributed by atoms with Crippen LogP contribution in [0.4, 0.5) is 10.1 Å². The Kier molecular flexibility index (Phi) is 9.63. The molecular formula is C36H45FN8O3. The van der Waals surface area contributed by atoms with Gasteiger partial charge in [-0.05, 0) is 54.5 Å². The Morgan fingerprint density at radius 1 is 1.15 bits per heavy atom. The van der Waals surface area contributed by atoms with Crippen molar-refractivity contribution in [3.8, 4) is 11.5 Å². The molecule has 7 N–H and O–H groups in total. The van der Waals surface area contributed by atoms with Crippen LogP contribution in [-0.4, -0.2) is 77.2 Å². The van der Waals surface area contributed by atoms with E-state index in [0.29, 0.717) is 31.2 Å². The number of allylic oxidation sites excluding steroid dienone is 1. The summed E-state index contributed by atoms with van der Waals surface area (Å²) in [7, 11) is 0. The lowest BCUT2D eigenvalue weighted by Gasteiger charge is -2.36. The topological polar surface area (TPSA) is 145 Å². The van der Waals surface area contributed by atoms with Crippen LogP contribution in [0, 0.1) is 12.7 Å². The molecule has 0 bridgehead atoms. The number of carbonyl (C=O) groups excluding carboxylic acids is 1. The number of halogens is 1. The van der Waals surface area contributed by atoms with E-state index in [9.17, 15) is 14.3 Å². The number of hydrogen-bond donors (Lipinski definition) is 5. The van der Waals surface area contributed by atoms with Gasteiger partial charge in [-0.2, -0.15) is 0 Å². The predicted octanol–water partition coefficient (Wildman–Crippen LogP) is 3.38. The zero-order valence-electron chi connectivity index (χ0n) is 27.8. The van der Waals surface area contributed by atoms with Gasteiger partial charge in [0.1, 0.15) is 17.7 Å². The largest absolute Gasteiger partial charge is 0.504 e. The number of pyridine rings is 1. The summed E-state index contributed by atoms with van der Waals surface area (Å²) in [6, 6.07) is 12.6. The number of amides is 1. The van der Waals surface area contributed by atoms with E-state index < -0.39 is 11.6 Å². The summed E-state index contributed by atoms with van der Waals surface area (Å²) in [6.45, 7) is 12.3. The maximum Gasteiger partial charge on any atom is 0.251 e. The fourth-order valence-corrected chi connectivity index (χ4v) is 6.83. The first-order valence-corrected chi connectivity index (χ1v) is 16.7. The molecule has 2 aromatic carbocycles. The van der Waals surface area contributed by atoms with Crippen molar-refractivity contribution in [3.63, 3.8) is 0 Å². The van der Waals surface area contributed by atoms with Gasteiger partial charge in [0, 0.05) is 74.7 Å². The van der Waals surface area contributed by atoms with Gasteiger partial charge in [0.15, 0.2) is 11.6 Å². The third-order valence-electron chi connectivity index (χ3n) is 9.43. The van der Waals surface area contributed by atoms with Gasteiger partial charge >= 0.3 is 0 Å². The number of phenols is 1. The van der Waals surface area contributed by atoms with Gasteiger partial charge in [0.2, 0.25) is 0 Å². The number of hydrogen-bond acceptors (Lipinski definition) is 10. The Labute approximate surface area is 281 Å². The maximum atomic E-state index is 13.9. The number of nitrogens with zero attached hydrogens (tertiary/aromatic N) is 4. The number of phenolic OH excluding ortho intramolecular Hbond substituents is 1. The lowest BCUT2D eigenvalue weighted by atomic mass is 10.1. The van der Waals surface area contributed by atoms with Crippen molar-refractivity contribution in [1.82, 2.24) is 25.4 Å². The fraction of sp³-hybridized carbons (Fsp3) is 0.389. The summed E-state index contributed by atoms with van der Waals surface area (Å²) in [5.41, 5.74) is 18.8. The zero-order chi connectivity index (χ0) is 33.9. The molecule has 0 spiro atoms. The molecule has 48 heavy (non-hydrogen) atoms. The van der Waals surface area contributed by atoms with Gasteiger partial charge in [-0.25, -0.2) is 4.39 Å². The molecule has 4 aliphatic rings. The van der Waals surface area contributed by atoms with Gasteiger partial charge < -0.3 is 41.7 Å². The lowest BCUT2D eigenvalue weighted by molar-refractivity contribution is 0.0965. The van der Waals surface area contributed by atoms with Crippen LogP contribution >= 0.6 is 0 Å². The van der Waals surface area contributed by atoms with Crippen LogP contribution in [-0.2, 0) is 13.1 Å². The molecule has 0 saturated carbocycles. The smallest absolute Gasteiger partial charge is 0.251 e. The second-order valence-corrected chi connectivity index (χ2v) is 12.4. The number of carbonyl (C=O) groups is 1. The van der Waals surface area contributed by atoms with E-state index >= 15 is 0 Å². The zero-order valence-corrected chi connectivity index (χ0v) is 27.8. The van der Waals surface area contributed by atoms with Crippen LogP contribution in [0.3, 0.4) is 0 Å². The summed E-state index contributed by atoms with van der Waals surface area (Å²) < 4.78 is 20.3. The standard InChI is InChI=1S/C34H39FN8O3.C2H6/c1-20-11-24(17-38-30(20)19-41-7-9-42(10-8-41)22-6-5-21-15-40-34(45)27(21)13-22)46-25-12-23-16-39-33(37)31(43(23)18-25)14-29(36)26-3-2-4-28(35)32(26)44;1-2/h2-6,11,13-14,17,23,25,39,44H,7-10,12,15-16,18-19,36-37H2,1H3,(H,40,45);1-2H3/b29-14-;. The number of para-hydroxylation sites is 1. The second-order valence-electron chi connectivity index (χ2n) is 12.4. The van der Waals surface area contributed by atoms with E-state index in [1.165, 1.54) is 12.1 Å². The maximum absolute atomic E-state index is 13.9. The van der Waals surface area contributed by atoms with Gasteiger partial charge in [0.05, 0.1) is 30.2 Å². The first-order valence-electron chi connectivity index (χ1n) is 16.7. The molecule has 2 saturated heterocycles. The molecule has 0 radical (unpaired) electrons. The van der Waals surface area contributed by atoms with Crippen molar-refractivity contribution in [3.05, 3.63) is 100 Å². The van der Waals surface area contributed by atoms with Gasteiger partial charge in [-0.3, -0.25) is 14.7 Å².